The number of hydrogen-bond acceptors (Lipinski definition) is 0. The van der Waals surface area contributed by atoms with Gasteiger partial charge in [0.1, 0.15) is 0 Å². The Labute approximate surface area is 77.7 Å². The molecule has 0 aliphatic heterocycles. The van der Waals surface area contributed by atoms with E-state index in [1.165, 1.54) is 25.7 Å². The summed E-state index contributed by atoms with van der Waals surface area (Å²) in [5, 5.41) is 0. The van der Waals surface area contributed by atoms with E-state index in [2.05, 4.69) is 27.7 Å². The first-order chi connectivity index (χ1) is 5.66. The number of unbranched alkanes of at least 4 members (excludes halogenated alkanes) is 1. The topological polar surface area (TPSA) is 0 Å². The zero-order valence-corrected chi connectivity index (χ0v) is 9.14. The van der Waals surface area contributed by atoms with Gasteiger partial charge in [0.25, 0.3) is 0 Å². The zero-order chi connectivity index (χ0) is 9.14. The van der Waals surface area contributed by atoms with Crippen molar-refractivity contribution in [1.29, 1.82) is 0 Å². The van der Waals surface area contributed by atoms with Gasteiger partial charge in [-0.25, -0.2) is 0 Å². The molecular weight excluding hydrogens is 144 g/mol. The zero-order valence-electron chi connectivity index (χ0n) is 9.14. The second kappa shape index (κ2) is 4.30. The average Bonchev–Trinajstić information content (AvgIpc) is 2.30. The van der Waals surface area contributed by atoms with Crippen molar-refractivity contribution in [2.45, 2.75) is 53.4 Å². The van der Waals surface area contributed by atoms with Crippen LogP contribution in [0.2, 0.25) is 0 Å². The van der Waals surface area contributed by atoms with Gasteiger partial charge in [-0.1, -0.05) is 47.0 Å². The molecule has 0 bridgehead atoms. The van der Waals surface area contributed by atoms with Crippen LogP contribution in [-0.2, 0) is 0 Å². The Bertz CT molecular complexity index is 128. The first-order valence-electron chi connectivity index (χ1n) is 5.66. The van der Waals surface area contributed by atoms with Gasteiger partial charge in [0.2, 0.25) is 0 Å². The van der Waals surface area contributed by atoms with Crippen LogP contribution in [0.15, 0.2) is 0 Å². The molecule has 72 valence electrons. The minimum absolute atomic E-state index is 0.965. The van der Waals surface area contributed by atoms with E-state index in [-0.39, 0.29) is 0 Å². The largest absolute Gasteiger partial charge is 0.0654 e. The molecule has 1 aliphatic rings. The van der Waals surface area contributed by atoms with Crippen molar-refractivity contribution in [3.05, 3.63) is 0 Å². The van der Waals surface area contributed by atoms with E-state index in [1.807, 2.05) is 0 Å². The molecule has 12 heavy (non-hydrogen) atoms. The summed E-state index contributed by atoms with van der Waals surface area (Å²) in [5.74, 6) is 3.95. The molecule has 0 saturated heterocycles. The lowest BCUT2D eigenvalue weighted by molar-refractivity contribution is 0.322. The quantitative estimate of drug-likeness (QED) is 0.595. The van der Waals surface area contributed by atoms with Crippen LogP contribution in [-0.4, -0.2) is 0 Å². The smallest absolute Gasteiger partial charge is 0.0383 e. The van der Waals surface area contributed by atoms with Crippen molar-refractivity contribution in [3.8, 4) is 0 Å². The van der Waals surface area contributed by atoms with Gasteiger partial charge in [-0.05, 0) is 30.1 Å². The van der Waals surface area contributed by atoms with Gasteiger partial charge in [-0.3, -0.25) is 0 Å². The van der Waals surface area contributed by atoms with Crippen LogP contribution in [0.4, 0.5) is 0 Å². The van der Waals surface area contributed by atoms with Gasteiger partial charge >= 0.3 is 0 Å². The molecule has 1 fully saturated rings. The van der Waals surface area contributed by atoms with Crippen LogP contribution in [0, 0.1) is 23.7 Å². The lowest BCUT2D eigenvalue weighted by Gasteiger charge is -2.17. The summed E-state index contributed by atoms with van der Waals surface area (Å²) in [6.07, 6.45) is 5.77. The molecule has 1 aliphatic carbocycles. The lowest BCUT2D eigenvalue weighted by Crippen LogP contribution is -2.09. The molecule has 0 heteroatoms. The van der Waals surface area contributed by atoms with E-state index in [1.54, 1.807) is 0 Å². The molecule has 0 N–H and O–H groups in total. The molecule has 0 heterocycles. The summed E-state index contributed by atoms with van der Waals surface area (Å²) in [6.45, 7) is 9.61. The first kappa shape index (κ1) is 10.1. The van der Waals surface area contributed by atoms with Crippen LogP contribution in [0.3, 0.4) is 0 Å². The van der Waals surface area contributed by atoms with E-state index in [4.69, 9.17) is 0 Å². The Morgan fingerprint density at radius 2 is 1.75 bits per heavy atom. The maximum atomic E-state index is 2.45. The molecule has 1 rings (SSSR count). The third kappa shape index (κ3) is 2.02. The third-order valence-corrected chi connectivity index (χ3v) is 4.07. The Kier molecular flexibility index (Phi) is 3.61. The fourth-order valence-electron chi connectivity index (χ4n) is 2.70. The molecule has 4 unspecified atom stereocenters. The Balaban J connectivity index is 2.36. The summed E-state index contributed by atoms with van der Waals surface area (Å²) in [5.41, 5.74) is 0. The molecule has 0 aromatic carbocycles. The predicted octanol–water partition coefficient (Wildman–Crippen LogP) is 4.10. The van der Waals surface area contributed by atoms with E-state index < -0.39 is 0 Å². The average molecular weight is 168 g/mol. The van der Waals surface area contributed by atoms with E-state index in [0.29, 0.717) is 0 Å². The minimum Gasteiger partial charge on any atom is -0.0654 e. The van der Waals surface area contributed by atoms with Crippen LogP contribution < -0.4 is 0 Å². The Hall–Kier alpha value is 0. The Morgan fingerprint density at radius 3 is 2.17 bits per heavy atom. The Morgan fingerprint density at radius 1 is 1.08 bits per heavy atom. The van der Waals surface area contributed by atoms with Gasteiger partial charge in [-0.2, -0.15) is 0 Å². The maximum Gasteiger partial charge on any atom is -0.0383 e. The van der Waals surface area contributed by atoms with Crippen LogP contribution >= 0.6 is 0 Å². The minimum atomic E-state index is 0.965. The number of hydrogen-bond donors (Lipinski definition) is 0. The lowest BCUT2D eigenvalue weighted by atomic mass is 9.88. The highest BCUT2D eigenvalue weighted by atomic mass is 14.4. The highest BCUT2D eigenvalue weighted by Crippen LogP contribution is 2.42. The molecular formula is C12H24. The second-order valence-corrected chi connectivity index (χ2v) is 4.83. The van der Waals surface area contributed by atoms with Crippen molar-refractivity contribution in [1.82, 2.24) is 0 Å². The maximum absolute atomic E-state index is 2.45. The third-order valence-electron chi connectivity index (χ3n) is 4.07. The normalized spacial score (nSPS) is 42.0. The van der Waals surface area contributed by atoms with E-state index >= 15 is 0 Å². The SMILES string of the molecule is CCCCC1CC(C)C(C)C1C. The van der Waals surface area contributed by atoms with E-state index in [9.17, 15) is 0 Å². The van der Waals surface area contributed by atoms with Crippen molar-refractivity contribution in [2.24, 2.45) is 23.7 Å². The predicted molar refractivity (Wildman–Crippen MR) is 55.1 cm³/mol. The van der Waals surface area contributed by atoms with Crippen molar-refractivity contribution >= 4 is 0 Å². The summed E-state index contributed by atoms with van der Waals surface area (Å²) in [4.78, 5) is 0. The first-order valence-corrected chi connectivity index (χ1v) is 5.66. The molecule has 0 nitrogen and oxygen atoms in total. The van der Waals surface area contributed by atoms with Gasteiger partial charge in [-0.15, -0.1) is 0 Å². The highest BCUT2D eigenvalue weighted by molar-refractivity contribution is 4.83. The van der Waals surface area contributed by atoms with Crippen LogP contribution in [0.5, 0.6) is 0 Å². The summed E-state index contributed by atoms with van der Waals surface area (Å²) in [6, 6.07) is 0. The standard InChI is InChI=1S/C12H24/c1-5-6-7-12-8-9(2)10(3)11(12)4/h9-12H,5-8H2,1-4H3. The van der Waals surface area contributed by atoms with Crippen molar-refractivity contribution in [3.63, 3.8) is 0 Å². The molecule has 0 radical (unpaired) electrons. The van der Waals surface area contributed by atoms with Gasteiger partial charge in [0.15, 0.2) is 0 Å². The molecule has 0 amide bonds. The van der Waals surface area contributed by atoms with Crippen molar-refractivity contribution < 1.29 is 0 Å². The van der Waals surface area contributed by atoms with Crippen LogP contribution in [0.25, 0.3) is 0 Å². The van der Waals surface area contributed by atoms with Gasteiger partial charge in [0.05, 0.1) is 0 Å². The van der Waals surface area contributed by atoms with E-state index in [0.717, 1.165) is 23.7 Å². The summed E-state index contributed by atoms with van der Waals surface area (Å²) < 4.78 is 0. The monoisotopic (exact) mass is 168 g/mol. The molecule has 0 aromatic heterocycles. The van der Waals surface area contributed by atoms with Crippen molar-refractivity contribution in [2.75, 3.05) is 0 Å². The molecule has 1 saturated carbocycles. The summed E-state index contributed by atoms with van der Waals surface area (Å²) in [7, 11) is 0. The fraction of sp³-hybridized carbons (Fsp3) is 1.00. The van der Waals surface area contributed by atoms with Gasteiger partial charge in [0, 0.05) is 0 Å². The molecule has 4 atom stereocenters. The van der Waals surface area contributed by atoms with Crippen LogP contribution in [0.1, 0.15) is 53.4 Å². The van der Waals surface area contributed by atoms with Gasteiger partial charge < -0.3 is 0 Å². The molecule has 0 aromatic rings. The fourth-order valence-corrected chi connectivity index (χ4v) is 2.70. The number of rotatable bonds is 3. The summed E-state index contributed by atoms with van der Waals surface area (Å²) >= 11 is 0. The molecule has 0 spiro atoms. The second-order valence-electron chi connectivity index (χ2n) is 4.83. The highest BCUT2D eigenvalue weighted by Gasteiger charge is 2.34.